The number of amides is 2. The first kappa shape index (κ1) is 16.5. The van der Waals surface area contributed by atoms with Crippen LogP contribution in [0.4, 0.5) is 0 Å². The van der Waals surface area contributed by atoms with Crippen LogP contribution in [0.3, 0.4) is 0 Å². The van der Waals surface area contributed by atoms with Crippen LogP contribution in [-0.4, -0.2) is 55.9 Å². The van der Waals surface area contributed by atoms with E-state index in [9.17, 15) is 9.59 Å². The highest BCUT2D eigenvalue weighted by Crippen LogP contribution is 2.39. The van der Waals surface area contributed by atoms with Gasteiger partial charge in [0, 0.05) is 36.9 Å². The van der Waals surface area contributed by atoms with E-state index in [2.05, 4.69) is 15.2 Å². The number of fused-ring (bicyclic) bond motifs is 4. The number of aromatic amines is 1. The Bertz CT molecular complexity index is 860. The molecule has 0 spiro atoms. The van der Waals surface area contributed by atoms with Crippen LogP contribution < -0.4 is 0 Å². The minimum atomic E-state index is -0.127. The van der Waals surface area contributed by atoms with Crippen LogP contribution in [0.1, 0.15) is 53.5 Å². The lowest BCUT2D eigenvalue weighted by Gasteiger charge is -2.35. The molecule has 0 unspecified atom stereocenters. The molecule has 2 atom stereocenters. The highest BCUT2D eigenvalue weighted by atomic mass is 16.2. The Labute approximate surface area is 157 Å². The molecule has 4 aliphatic rings. The topological polar surface area (TPSA) is 82.2 Å². The summed E-state index contributed by atoms with van der Waals surface area (Å²) in [5, 5.41) is 7.24. The molecule has 27 heavy (non-hydrogen) atoms. The molecular formula is C20H23N5O2. The molecule has 2 amide bonds. The van der Waals surface area contributed by atoms with Gasteiger partial charge in [0.15, 0.2) is 0 Å². The zero-order chi connectivity index (χ0) is 18.4. The Morgan fingerprint density at radius 2 is 2.00 bits per heavy atom. The van der Waals surface area contributed by atoms with Crippen molar-refractivity contribution in [2.24, 2.45) is 5.92 Å². The summed E-state index contributed by atoms with van der Waals surface area (Å²) in [5.74, 6) is 0.489. The van der Waals surface area contributed by atoms with Crippen LogP contribution in [-0.2, 0) is 11.3 Å². The molecule has 6 rings (SSSR count). The second-order valence-corrected chi connectivity index (χ2v) is 7.91. The zero-order valence-corrected chi connectivity index (χ0v) is 15.2. The van der Waals surface area contributed by atoms with Crippen molar-refractivity contribution >= 4 is 11.8 Å². The van der Waals surface area contributed by atoms with Crippen molar-refractivity contribution in [3.8, 4) is 0 Å². The van der Waals surface area contributed by atoms with E-state index in [1.165, 1.54) is 12.8 Å². The monoisotopic (exact) mass is 365 g/mol. The molecule has 3 aliphatic heterocycles. The molecule has 3 saturated heterocycles. The summed E-state index contributed by atoms with van der Waals surface area (Å²) in [7, 11) is 0. The van der Waals surface area contributed by atoms with Crippen LogP contribution in [0, 0.1) is 5.92 Å². The summed E-state index contributed by atoms with van der Waals surface area (Å²) in [4.78, 5) is 34.1. The van der Waals surface area contributed by atoms with E-state index in [1.54, 1.807) is 6.20 Å². The van der Waals surface area contributed by atoms with Gasteiger partial charge in [0.05, 0.1) is 18.2 Å². The van der Waals surface area contributed by atoms with Crippen LogP contribution in [0.2, 0.25) is 0 Å². The molecule has 0 aromatic carbocycles. The Morgan fingerprint density at radius 1 is 1.15 bits per heavy atom. The Hall–Kier alpha value is -2.70. The summed E-state index contributed by atoms with van der Waals surface area (Å²) in [6.07, 6.45) is 5.86. The summed E-state index contributed by atoms with van der Waals surface area (Å²) >= 11 is 0. The van der Waals surface area contributed by atoms with E-state index in [0.29, 0.717) is 31.2 Å². The van der Waals surface area contributed by atoms with E-state index >= 15 is 0 Å². The molecule has 7 heteroatoms. The molecule has 2 aromatic rings. The second-order valence-electron chi connectivity index (χ2n) is 7.91. The number of hydrogen-bond acceptors (Lipinski definition) is 4. The summed E-state index contributed by atoms with van der Waals surface area (Å²) in [6, 6.07) is 7.69. The number of nitrogens with one attached hydrogen (secondary N) is 1. The maximum absolute atomic E-state index is 13.0. The first-order chi connectivity index (χ1) is 13.2. The fourth-order valence-corrected chi connectivity index (χ4v) is 4.29. The number of pyridine rings is 1. The minimum absolute atomic E-state index is 0.0454. The van der Waals surface area contributed by atoms with Crippen LogP contribution in [0.5, 0.6) is 0 Å². The Kier molecular flexibility index (Phi) is 3.95. The molecule has 1 aliphatic carbocycles. The third kappa shape index (κ3) is 3.11. The molecule has 2 aromatic heterocycles. The third-order valence-corrected chi connectivity index (χ3v) is 5.97. The molecule has 5 heterocycles. The number of aromatic nitrogens is 3. The Balaban J connectivity index is 1.35. The number of piperidine rings is 1. The van der Waals surface area contributed by atoms with Gasteiger partial charge in [0.25, 0.3) is 5.91 Å². The number of rotatable bonds is 4. The predicted octanol–water partition coefficient (Wildman–Crippen LogP) is 1.95. The first-order valence-corrected chi connectivity index (χ1v) is 9.74. The zero-order valence-electron chi connectivity index (χ0n) is 15.2. The van der Waals surface area contributed by atoms with E-state index in [0.717, 1.165) is 24.2 Å². The fourth-order valence-electron chi connectivity index (χ4n) is 4.29. The summed E-state index contributed by atoms with van der Waals surface area (Å²) in [6.45, 7) is 1.56. The predicted molar refractivity (Wildman–Crippen MR) is 97.8 cm³/mol. The van der Waals surface area contributed by atoms with E-state index < -0.39 is 0 Å². The fraction of sp³-hybridized carbons (Fsp3) is 0.500. The smallest absolute Gasteiger partial charge is 0.274 e. The number of nitrogens with zero attached hydrogens (tertiary/aromatic N) is 4. The average Bonchev–Trinajstić information content (AvgIpc) is 3.48. The van der Waals surface area contributed by atoms with Crippen molar-refractivity contribution in [1.82, 2.24) is 25.0 Å². The van der Waals surface area contributed by atoms with Gasteiger partial charge in [-0.05, 0) is 43.9 Å². The van der Waals surface area contributed by atoms with E-state index in [4.69, 9.17) is 0 Å². The number of H-pyrrole nitrogens is 1. The highest BCUT2D eigenvalue weighted by Gasteiger charge is 2.42. The molecule has 4 fully saturated rings. The molecule has 0 radical (unpaired) electrons. The molecule has 1 N–H and O–H groups in total. The lowest BCUT2D eigenvalue weighted by Crippen LogP contribution is -2.47. The van der Waals surface area contributed by atoms with Gasteiger partial charge >= 0.3 is 0 Å². The highest BCUT2D eigenvalue weighted by molar-refractivity contribution is 5.93. The van der Waals surface area contributed by atoms with Gasteiger partial charge in [0.2, 0.25) is 5.91 Å². The quantitative estimate of drug-likeness (QED) is 0.898. The molecule has 140 valence electrons. The third-order valence-electron chi connectivity index (χ3n) is 5.97. The standard InChI is InChI=1S/C20H23N5O2/c26-19-14-6-7-16(25(19)11-15-3-1-2-8-21-15)12-24(10-14)20(27)18-9-17(22-23-18)13-4-5-13/h1-3,8-9,13-14,16H,4-7,10-12H2,(H,22,23)/t14-,16+/m0/s1. The van der Waals surface area contributed by atoms with Gasteiger partial charge in [-0.3, -0.25) is 19.7 Å². The number of hydrogen-bond donors (Lipinski definition) is 1. The van der Waals surface area contributed by atoms with Gasteiger partial charge < -0.3 is 9.80 Å². The SMILES string of the molecule is O=C(c1cc(C2CC2)[nH]n1)N1C[C@@H]2CC[C@H](C1)N(Cc1ccccn1)C2=O. The van der Waals surface area contributed by atoms with Crippen LogP contribution in [0.15, 0.2) is 30.5 Å². The first-order valence-electron chi connectivity index (χ1n) is 9.74. The maximum Gasteiger partial charge on any atom is 0.274 e. The maximum atomic E-state index is 13.0. The van der Waals surface area contributed by atoms with Crippen molar-refractivity contribution in [2.45, 2.75) is 44.2 Å². The van der Waals surface area contributed by atoms with Crippen LogP contribution >= 0.6 is 0 Å². The van der Waals surface area contributed by atoms with Crippen molar-refractivity contribution in [1.29, 1.82) is 0 Å². The van der Waals surface area contributed by atoms with Crippen molar-refractivity contribution in [2.75, 3.05) is 13.1 Å². The van der Waals surface area contributed by atoms with Crippen LogP contribution in [0.25, 0.3) is 0 Å². The lowest BCUT2D eigenvalue weighted by molar-refractivity contribution is -0.140. The van der Waals surface area contributed by atoms with Gasteiger partial charge in [-0.2, -0.15) is 5.10 Å². The largest absolute Gasteiger partial charge is 0.334 e. The molecule has 1 saturated carbocycles. The van der Waals surface area contributed by atoms with E-state index in [1.807, 2.05) is 34.1 Å². The van der Waals surface area contributed by atoms with Crippen molar-refractivity contribution in [3.63, 3.8) is 0 Å². The van der Waals surface area contributed by atoms with Crippen molar-refractivity contribution < 1.29 is 9.59 Å². The summed E-state index contributed by atoms with van der Waals surface area (Å²) in [5.41, 5.74) is 2.42. The van der Waals surface area contributed by atoms with Gasteiger partial charge in [-0.1, -0.05) is 6.07 Å². The Morgan fingerprint density at radius 3 is 2.78 bits per heavy atom. The summed E-state index contributed by atoms with van der Waals surface area (Å²) < 4.78 is 0. The normalized spacial score (nSPS) is 25.0. The van der Waals surface area contributed by atoms with Gasteiger partial charge in [0.1, 0.15) is 5.69 Å². The van der Waals surface area contributed by atoms with Crippen molar-refractivity contribution in [3.05, 3.63) is 47.5 Å². The average molecular weight is 365 g/mol. The number of carbonyl (C=O) groups is 2. The van der Waals surface area contributed by atoms with Gasteiger partial charge in [-0.25, -0.2) is 0 Å². The van der Waals surface area contributed by atoms with Gasteiger partial charge in [-0.15, -0.1) is 0 Å². The molecular weight excluding hydrogens is 342 g/mol. The minimum Gasteiger partial charge on any atom is -0.334 e. The lowest BCUT2D eigenvalue weighted by atomic mass is 9.94. The second kappa shape index (κ2) is 6.48. The number of carbonyl (C=O) groups excluding carboxylic acids is 2. The molecule has 7 nitrogen and oxygen atoms in total. The molecule has 2 bridgehead atoms. The van der Waals surface area contributed by atoms with E-state index in [-0.39, 0.29) is 23.8 Å².